The van der Waals surface area contributed by atoms with Crippen LogP contribution in [0.1, 0.15) is 54.7 Å². The van der Waals surface area contributed by atoms with Crippen molar-refractivity contribution in [3.8, 4) is 55.8 Å². The topological polar surface area (TPSA) is 48.9 Å². The molecule has 25 rings (SSSR count). The van der Waals surface area contributed by atoms with Gasteiger partial charge in [0.2, 0.25) is 0 Å². The zero-order valence-corrected chi connectivity index (χ0v) is 65.2. The van der Waals surface area contributed by atoms with E-state index in [-0.39, 0.29) is 12.1 Å². The van der Waals surface area contributed by atoms with Crippen molar-refractivity contribution in [2.45, 2.75) is 50.1 Å². The molecule has 5 heterocycles. The van der Waals surface area contributed by atoms with E-state index in [1.807, 2.05) is 0 Å². The van der Waals surface area contributed by atoms with Gasteiger partial charge >= 0.3 is 0 Å². The van der Waals surface area contributed by atoms with Crippen LogP contribution in [0.4, 0.5) is 39.8 Å². The summed E-state index contributed by atoms with van der Waals surface area (Å²) in [5, 5.41) is 16.5. The maximum atomic E-state index is 8.17. The Kier molecular flexibility index (Phi) is 15.2. The minimum absolute atomic E-state index is 0.125. The fourth-order valence-electron chi connectivity index (χ4n) is 20.9. The maximum absolute atomic E-state index is 8.17. The van der Waals surface area contributed by atoms with Crippen molar-refractivity contribution in [2.75, 3.05) is 14.7 Å². The first-order chi connectivity index (χ1) is 59.0. The van der Waals surface area contributed by atoms with Gasteiger partial charge in [0.05, 0.1) is 29.0 Å². The summed E-state index contributed by atoms with van der Waals surface area (Å²) in [5.74, 6) is 0.475. The lowest BCUT2D eigenvalue weighted by molar-refractivity contribution is 0.443. The smallest absolute Gasteiger partial charge is 0.160 e. The van der Waals surface area contributed by atoms with Crippen LogP contribution in [-0.2, 0) is 0 Å². The number of hydrogen-bond acceptors (Lipinski definition) is 6. The molecule has 0 bridgehead atoms. The van der Waals surface area contributed by atoms with E-state index >= 15 is 0 Å². The molecule has 3 aliphatic carbocycles. The van der Waals surface area contributed by atoms with E-state index in [0.717, 1.165) is 166 Å². The molecule has 119 heavy (non-hydrogen) atoms. The Morgan fingerprint density at radius 1 is 0.336 bits per heavy atom. The third kappa shape index (κ3) is 10.7. The molecule has 1 fully saturated rings. The molecule has 2 atom stereocenters. The molecule has 3 aromatic heterocycles. The highest BCUT2D eigenvalue weighted by molar-refractivity contribution is 6.39. The van der Waals surface area contributed by atoms with Crippen molar-refractivity contribution < 1.29 is 8.83 Å². The minimum atomic E-state index is -0.162. The van der Waals surface area contributed by atoms with Gasteiger partial charge in [0.25, 0.3) is 0 Å². The van der Waals surface area contributed by atoms with Crippen molar-refractivity contribution in [1.82, 2.24) is 4.98 Å². The molecule has 5 aliphatic rings. The van der Waals surface area contributed by atoms with Gasteiger partial charge in [-0.1, -0.05) is 292 Å². The molecule has 0 N–H and O–H groups in total. The molecule has 560 valence electrons. The molecule has 6 nitrogen and oxygen atoms in total. The van der Waals surface area contributed by atoms with E-state index in [1.54, 1.807) is 0 Å². The van der Waals surface area contributed by atoms with E-state index in [1.165, 1.54) is 98.2 Å². The number of benzene rings is 16. The van der Waals surface area contributed by atoms with Gasteiger partial charge in [-0.2, -0.15) is 0 Å². The van der Waals surface area contributed by atoms with Crippen molar-refractivity contribution in [3.63, 3.8) is 0 Å². The number of hydrogen-bond donors (Lipinski definition) is 0. The van der Waals surface area contributed by atoms with Crippen LogP contribution in [-0.4, -0.2) is 17.1 Å². The highest BCUT2D eigenvalue weighted by Crippen LogP contribution is 2.57. The van der Waals surface area contributed by atoms with Crippen LogP contribution in [0.25, 0.3) is 177 Å². The molecule has 6 heteroatoms. The van der Waals surface area contributed by atoms with Gasteiger partial charge in [0.15, 0.2) is 5.58 Å². The zero-order chi connectivity index (χ0) is 77.9. The summed E-state index contributed by atoms with van der Waals surface area (Å²) in [4.78, 5) is 13.5. The van der Waals surface area contributed by atoms with E-state index in [4.69, 9.17) is 13.8 Å². The van der Waals surface area contributed by atoms with Gasteiger partial charge < -0.3 is 23.5 Å². The number of fused-ring (bicyclic) bond motifs is 11. The summed E-state index contributed by atoms with van der Waals surface area (Å²) in [7, 11) is 0. The predicted molar refractivity (Wildman–Crippen MR) is 500 cm³/mol. The van der Waals surface area contributed by atoms with Crippen LogP contribution in [0, 0.1) is 0 Å². The molecule has 17 aromatic carbocycles. The Balaban J connectivity index is 0.805. The largest absolute Gasteiger partial charge is 0.455 e. The van der Waals surface area contributed by atoms with E-state index < -0.39 is 0 Å². The second-order valence-electron chi connectivity index (χ2n) is 32.9. The molecular formula is C113H76N4O2. The summed E-state index contributed by atoms with van der Waals surface area (Å²) < 4.78 is 16.3. The van der Waals surface area contributed by atoms with Gasteiger partial charge in [0.1, 0.15) is 16.7 Å². The lowest BCUT2D eigenvalue weighted by Gasteiger charge is -2.39. The van der Waals surface area contributed by atoms with E-state index in [2.05, 4.69) is 397 Å². The van der Waals surface area contributed by atoms with Gasteiger partial charge in [-0.05, 0) is 231 Å². The number of allylic oxidation sites excluding steroid dienone is 4. The summed E-state index contributed by atoms with van der Waals surface area (Å²) in [5.41, 5.74) is 28.5. The summed E-state index contributed by atoms with van der Waals surface area (Å²) in [6.07, 6.45) is 29.0. The Morgan fingerprint density at radius 3 is 1.66 bits per heavy atom. The molecule has 20 aromatic rings. The summed E-state index contributed by atoms with van der Waals surface area (Å²) in [6.45, 7) is 0. The Labute approximate surface area is 688 Å². The van der Waals surface area contributed by atoms with Crippen molar-refractivity contribution in [2.24, 2.45) is 0 Å². The first kappa shape index (κ1) is 67.5. The lowest BCUT2D eigenvalue weighted by atomic mass is 9.84. The van der Waals surface area contributed by atoms with Crippen LogP contribution in [0.5, 0.6) is 0 Å². The Bertz CT molecular complexity index is 7840. The highest BCUT2D eigenvalue weighted by Gasteiger charge is 2.36. The monoisotopic (exact) mass is 1520 g/mol. The van der Waals surface area contributed by atoms with Crippen LogP contribution in [0.2, 0.25) is 0 Å². The van der Waals surface area contributed by atoms with Crippen LogP contribution >= 0.6 is 0 Å². The standard InChI is InChI=1S/C113H76N4O2/c1-5-25-69(26-6-1)72-49-52-82(53-50-72)115(83-39-21-37-75(62-83)70-27-7-2-8-28-70)103-58-56-91-97-66-85(117-100-47-20-16-36-80(100)64-95-88(44-24-48-102(95)117)87-43-22-38-78-59-74-33-13-14-34-76(74)63-94(78)87)68-104-107(97)109-90(54-55-93(112(109)118-104)111-92-41-18-17-40-89(92)106-86(42-23-45-98(106)114-111)73-31-11-4-12-32-73)96-65-84(67-105-108(96)110(91)113(103)119-105)116-99-46-19-15-35-79(99)61-81-60-77(51-57-101(81)116)71-29-9-3-10-30-71/h1,3-6,9-26,29-68,70,99-100H,2,7-8,27-28H2. The fraction of sp³-hybridized carbons (Fsp3) is 0.0708. The zero-order valence-electron chi connectivity index (χ0n) is 65.2. The molecule has 2 aliphatic heterocycles. The second-order valence-corrected chi connectivity index (χ2v) is 32.9. The summed E-state index contributed by atoms with van der Waals surface area (Å²) >= 11 is 0. The number of anilines is 7. The summed E-state index contributed by atoms with van der Waals surface area (Å²) in [6, 6.07) is 119. The van der Waals surface area contributed by atoms with Crippen LogP contribution in [0.3, 0.4) is 0 Å². The SMILES string of the molecule is C1=CC2=Cc3cc(-c4ccccc4)ccc3N(c3cc4oc5c(N(c6ccc(-c7ccccc7)cc6)c6cccc(C7CCCCC7)c6)ccc6c7cc(N8c9cccc(-c%10cccc%11cc%12ccccc%12cc%10%11)c9C=C9C=CC=CC98)cc8oc9c(-c%10nc%11cccc(-c%12ccccc%12)c%11c%11ccccc%10%11)ccc(c(c3)c4c56)c9c87)C2C=C1. The number of aromatic nitrogens is 1. The third-order valence-corrected chi connectivity index (χ3v) is 26.3. The number of pyridine rings is 1. The van der Waals surface area contributed by atoms with Gasteiger partial charge in [-0.3, -0.25) is 0 Å². The molecule has 2 unspecified atom stereocenters. The quantitative estimate of drug-likeness (QED) is 0.0950. The van der Waals surface area contributed by atoms with Crippen molar-refractivity contribution >= 4 is 161 Å². The van der Waals surface area contributed by atoms with E-state index in [9.17, 15) is 0 Å². The number of rotatable bonds is 11. The van der Waals surface area contributed by atoms with Crippen LogP contribution in [0.15, 0.2) is 390 Å². The molecule has 1 saturated carbocycles. The number of furan rings is 2. The normalized spacial score (nSPS) is 15.8. The molecule has 0 radical (unpaired) electrons. The van der Waals surface area contributed by atoms with Crippen molar-refractivity contribution in [3.05, 3.63) is 398 Å². The van der Waals surface area contributed by atoms with Gasteiger partial charge in [0, 0.05) is 89.7 Å². The first-order valence-electron chi connectivity index (χ1n) is 42.0. The first-order valence-corrected chi connectivity index (χ1v) is 42.0. The second kappa shape index (κ2) is 26.9. The van der Waals surface area contributed by atoms with Gasteiger partial charge in [-0.15, -0.1) is 0 Å². The third-order valence-electron chi connectivity index (χ3n) is 26.3. The number of nitrogens with zero attached hydrogens (tertiary/aromatic N) is 4. The Hall–Kier alpha value is -14.9. The van der Waals surface area contributed by atoms with Crippen LogP contribution < -0.4 is 14.7 Å². The van der Waals surface area contributed by atoms with Crippen molar-refractivity contribution in [1.29, 1.82) is 0 Å². The molecular weight excluding hydrogens is 1450 g/mol. The fourth-order valence-corrected chi connectivity index (χ4v) is 20.9. The molecule has 0 spiro atoms. The maximum Gasteiger partial charge on any atom is 0.160 e. The average Bonchev–Trinajstić information content (AvgIpc) is 1.54. The van der Waals surface area contributed by atoms with Gasteiger partial charge in [-0.25, -0.2) is 4.98 Å². The molecule has 0 amide bonds. The predicted octanol–water partition coefficient (Wildman–Crippen LogP) is 31.1. The highest BCUT2D eigenvalue weighted by atomic mass is 16.3. The average molecular weight is 1520 g/mol. The Morgan fingerprint density at radius 2 is 0.916 bits per heavy atom. The molecule has 0 saturated heterocycles. The van der Waals surface area contributed by atoms with E-state index in [0.29, 0.717) is 5.92 Å². The lowest BCUT2D eigenvalue weighted by Crippen LogP contribution is -2.34. The minimum Gasteiger partial charge on any atom is -0.455 e.